The maximum Gasteiger partial charge on any atom is 0.323 e. The van der Waals surface area contributed by atoms with Crippen LogP contribution in [0.5, 0.6) is 11.6 Å². The molecule has 0 saturated heterocycles. The molecule has 5 rings (SSSR count). The largest absolute Gasteiger partial charge is 0.444 e. The fourth-order valence-corrected chi connectivity index (χ4v) is 3.87. The van der Waals surface area contributed by atoms with Crippen molar-refractivity contribution < 1.29 is 13.9 Å². The highest BCUT2D eigenvalue weighted by Crippen LogP contribution is 2.32. The fourth-order valence-electron chi connectivity index (χ4n) is 3.87. The third-order valence-corrected chi connectivity index (χ3v) is 5.61. The lowest BCUT2D eigenvalue weighted by Gasteiger charge is -2.15. The Balaban J connectivity index is 1.33. The van der Waals surface area contributed by atoms with Gasteiger partial charge in [-0.25, -0.2) is 14.5 Å². The van der Waals surface area contributed by atoms with Crippen molar-refractivity contribution >= 4 is 17.4 Å². The lowest BCUT2D eigenvalue weighted by Crippen LogP contribution is -2.19. The van der Waals surface area contributed by atoms with E-state index in [0.29, 0.717) is 28.8 Å². The van der Waals surface area contributed by atoms with Gasteiger partial charge >= 0.3 is 6.03 Å². The van der Waals surface area contributed by atoms with Gasteiger partial charge in [-0.15, -0.1) is 0 Å². The van der Waals surface area contributed by atoms with E-state index in [2.05, 4.69) is 33.7 Å². The maximum absolute atomic E-state index is 12.8. The summed E-state index contributed by atoms with van der Waals surface area (Å²) in [5, 5.41) is 10.4. The number of carbonyl (C=O) groups excluding carboxylic acids is 1. The molecule has 0 bridgehead atoms. The molecule has 2 heterocycles. The molecule has 0 aliphatic carbocycles. The number of benzene rings is 3. The van der Waals surface area contributed by atoms with Gasteiger partial charge in [0.15, 0.2) is 17.9 Å². The van der Waals surface area contributed by atoms with Crippen molar-refractivity contribution in [2.24, 2.45) is 0 Å². The molecule has 3 aromatic carbocycles. The van der Waals surface area contributed by atoms with Crippen LogP contribution in [-0.4, -0.2) is 20.8 Å². The van der Waals surface area contributed by atoms with Gasteiger partial charge in [-0.05, 0) is 61.4 Å². The Bertz CT molecular complexity index is 1470. The summed E-state index contributed by atoms with van der Waals surface area (Å²) in [6.45, 7) is 4.03. The molecule has 0 radical (unpaired) electrons. The average Bonchev–Trinajstić information content (AvgIpc) is 3.56. The SMILES string of the molecule is CCc1ccccc1-n1nc(C)cc1Oc1ccccc1NC(=O)Nc1ccc(-c2cnco2)cc1. The molecule has 0 saturated carbocycles. The summed E-state index contributed by atoms with van der Waals surface area (Å²) in [7, 11) is 0. The van der Waals surface area contributed by atoms with Crippen molar-refractivity contribution in [3.05, 3.63) is 103 Å². The number of anilines is 2. The molecule has 0 aliphatic heterocycles. The topological polar surface area (TPSA) is 94.2 Å². The number of amides is 2. The summed E-state index contributed by atoms with van der Waals surface area (Å²) in [6.07, 6.45) is 3.89. The molecule has 8 nitrogen and oxygen atoms in total. The Morgan fingerprint density at radius 3 is 2.56 bits per heavy atom. The van der Waals surface area contributed by atoms with Crippen LogP contribution in [0.25, 0.3) is 17.0 Å². The van der Waals surface area contributed by atoms with E-state index < -0.39 is 0 Å². The lowest BCUT2D eigenvalue weighted by atomic mass is 10.1. The zero-order chi connectivity index (χ0) is 24.9. The predicted octanol–water partition coefficient (Wildman–Crippen LogP) is 6.83. The number of hydrogen-bond acceptors (Lipinski definition) is 5. The van der Waals surface area contributed by atoms with Crippen LogP contribution >= 0.6 is 0 Å². The van der Waals surface area contributed by atoms with E-state index >= 15 is 0 Å². The first-order valence-corrected chi connectivity index (χ1v) is 11.6. The number of urea groups is 1. The van der Waals surface area contributed by atoms with Crippen molar-refractivity contribution in [3.63, 3.8) is 0 Å². The quantitative estimate of drug-likeness (QED) is 0.267. The summed E-state index contributed by atoms with van der Waals surface area (Å²) in [6, 6.07) is 24.2. The first-order valence-electron chi connectivity index (χ1n) is 11.6. The molecule has 180 valence electrons. The van der Waals surface area contributed by atoms with Crippen molar-refractivity contribution in [2.45, 2.75) is 20.3 Å². The molecular formula is C28H25N5O3. The summed E-state index contributed by atoms with van der Waals surface area (Å²) in [4.78, 5) is 16.7. The van der Waals surface area contributed by atoms with Crippen LogP contribution < -0.4 is 15.4 Å². The molecule has 2 aromatic heterocycles. The van der Waals surface area contributed by atoms with E-state index in [9.17, 15) is 4.79 Å². The average molecular weight is 480 g/mol. The highest BCUT2D eigenvalue weighted by Gasteiger charge is 2.15. The first-order chi connectivity index (χ1) is 17.6. The van der Waals surface area contributed by atoms with Crippen LogP contribution in [0.3, 0.4) is 0 Å². The molecule has 0 spiro atoms. The van der Waals surface area contributed by atoms with E-state index in [-0.39, 0.29) is 6.03 Å². The summed E-state index contributed by atoms with van der Waals surface area (Å²) in [5.74, 6) is 1.72. The molecule has 5 aromatic rings. The zero-order valence-electron chi connectivity index (χ0n) is 19.9. The van der Waals surface area contributed by atoms with E-state index in [0.717, 1.165) is 28.9 Å². The Kier molecular flexibility index (Phi) is 6.48. The van der Waals surface area contributed by atoms with Gasteiger partial charge in [0.1, 0.15) is 0 Å². The standard InChI is InChI=1S/C28H25N5O3/c1-3-20-8-4-6-10-24(20)33-27(16-19(2)32-33)36-25-11-7-5-9-23(25)31-28(34)30-22-14-12-21(13-15-22)26-17-29-18-35-26/h4-18H,3H2,1-2H3,(H2,30,31,34). The second kappa shape index (κ2) is 10.2. The summed E-state index contributed by atoms with van der Waals surface area (Å²) in [5.41, 5.74) is 4.98. The predicted molar refractivity (Wildman–Crippen MR) is 139 cm³/mol. The van der Waals surface area contributed by atoms with Crippen LogP contribution in [0, 0.1) is 6.92 Å². The molecule has 0 atom stereocenters. The summed E-state index contributed by atoms with van der Waals surface area (Å²) >= 11 is 0. The van der Waals surface area contributed by atoms with Gasteiger partial charge in [-0.2, -0.15) is 5.10 Å². The number of aryl methyl sites for hydroxylation is 2. The van der Waals surface area contributed by atoms with Gasteiger partial charge in [0.05, 0.1) is 23.3 Å². The maximum atomic E-state index is 12.8. The van der Waals surface area contributed by atoms with E-state index in [1.165, 1.54) is 6.39 Å². The van der Waals surface area contributed by atoms with E-state index in [1.807, 2.05) is 55.5 Å². The minimum absolute atomic E-state index is 0.389. The van der Waals surface area contributed by atoms with Crippen LogP contribution in [0.4, 0.5) is 16.2 Å². The van der Waals surface area contributed by atoms with Gasteiger partial charge in [0.2, 0.25) is 5.88 Å². The van der Waals surface area contributed by atoms with Gasteiger partial charge in [-0.1, -0.05) is 37.3 Å². The third kappa shape index (κ3) is 4.97. The normalized spacial score (nSPS) is 10.7. The lowest BCUT2D eigenvalue weighted by molar-refractivity contribution is 0.262. The molecule has 36 heavy (non-hydrogen) atoms. The number of para-hydroxylation sites is 3. The zero-order valence-corrected chi connectivity index (χ0v) is 19.9. The van der Waals surface area contributed by atoms with Crippen LogP contribution in [0.2, 0.25) is 0 Å². The molecular weight excluding hydrogens is 454 g/mol. The monoisotopic (exact) mass is 479 g/mol. The Morgan fingerprint density at radius 1 is 1.00 bits per heavy atom. The van der Waals surface area contributed by atoms with Crippen molar-refractivity contribution in [2.75, 3.05) is 10.6 Å². The van der Waals surface area contributed by atoms with Crippen LogP contribution in [0.15, 0.2) is 95.9 Å². The highest BCUT2D eigenvalue weighted by atomic mass is 16.5. The van der Waals surface area contributed by atoms with Crippen molar-refractivity contribution in [1.29, 1.82) is 0 Å². The molecule has 0 aliphatic rings. The minimum atomic E-state index is -0.389. The summed E-state index contributed by atoms with van der Waals surface area (Å²) < 4.78 is 13.4. The molecule has 8 heteroatoms. The highest BCUT2D eigenvalue weighted by molar-refractivity contribution is 6.00. The Labute approximate surface area is 208 Å². The number of nitrogens with one attached hydrogen (secondary N) is 2. The van der Waals surface area contributed by atoms with Gasteiger partial charge in [0, 0.05) is 17.3 Å². The number of oxazole rings is 1. The molecule has 0 unspecified atom stereocenters. The van der Waals surface area contributed by atoms with Crippen molar-refractivity contribution in [1.82, 2.24) is 14.8 Å². The van der Waals surface area contributed by atoms with Crippen LogP contribution in [0.1, 0.15) is 18.2 Å². The molecule has 2 amide bonds. The van der Waals surface area contributed by atoms with Crippen molar-refractivity contribution in [3.8, 4) is 28.6 Å². The van der Waals surface area contributed by atoms with E-state index in [4.69, 9.17) is 9.15 Å². The van der Waals surface area contributed by atoms with Crippen LogP contribution in [-0.2, 0) is 6.42 Å². The first kappa shape index (κ1) is 22.9. The second-order valence-corrected chi connectivity index (χ2v) is 8.14. The van der Waals surface area contributed by atoms with Gasteiger partial charge in [0.25, 0.3) is 0 Å². The smallest absolute Gasteiger partial charge is 0.323 e. The number of carbonyl (C=O) groups is 1. The van der Waals surface area contributed by atoms with Gasteiger partial charge in [-0.3, -0.25) is 0 Å². The number of aromatic nitrogens is 3. The van der Waals surface area contributed by atoms with Gasteiger partial charge < -0.3 is 19.8 Å². The fraction of sp³-hybridized carbons (Fsp3) is 0.107. The number of rotatable bonds is 7. The number of ether oxygens (including phenoxy) is 1. The minimum Gasteiger partial charge on any atom is -0.444 e. The number of hydrogen-bond donors (Lipinski definition) is 2. The van der Waals surface area contributed by atoms with E-state index in [1.54, 1.807) is 35.1 Å². The Morgan fingerprint density at radius 2 is 1.78 bits per heavy atom. The molecule has 2 N–H and O–H groups in total. The Hall–Kier alpha value is -4.85. The second-order valence-electron chi connectivity index (χ2n) is 8.14. The number of nitrogens with zero attached hydrogens (tertiary/aromatic N) is 3. The third-order valence-electron chi connectivity index (χ3n) is 5.61. The molecule has 0 fully saturated rings.